The van der Waals surface area contributed by atoms with Gasteiger partial charge in [0.15, 0.2) is 0 Å². The molecular formula is C13H14BrClF4N2O2. The molecule has 4 nitrogen and oxygen atoms in total. The number of amides is 1. The van der Waals surface area contributed by atoms with Gasteiger partial charge in [0.05, 0.1) is 12.6 Å². The van der Waals surface area contributed by atoms with Crippen LogP contribution in [0.5, 0.6) is 5.75 Å². The van der Waals surface area contributed by atoms with Crippen LogP contribution in [0.15, 0.2) is 22.7 Å². The number of carbonyl (C=O) groups excluding carboxylic acids is 1. The molecule has 0 aliphatic carbocycles. The summed E-state index contributed by atoms with van der Waals surface area (Å²) in [4.78, 5) is 11.8. The van der Waals surface area contributed by atoms with Crippen molar-refractivity contribution in [1.29, 1.82) is 0 Å². The van der Waals surface area contributed by atoms with E-state index in [1.165, 1.54) is 18.2 Å². The first kappa shape index (κ1) is 20.0. The molecule has 1 saturated heterocycles. The van der Waals surface area contributed by atoms with Crippen LogP contribution in [0.2, 0.25) is 0 Å². The van der Waals surface area contributed by atoms with Crippen molar-refractivity contribution in [1.82, 2.24) is 10.6 Å². The summed E-state index contributed by atoms with van der Waals surface area (Å²) in [5.74, 6) is -3.61. The molecule has 0 bridgehead atoms. The van der Waals surface area contributed by atoms with Gasteiger partial charge < -0.3 is 10.1 Å². The quantitative estimate of drug-likeness (QED) is 0.719. The zero-order valence-corrected chi connectivity index (χ0v) is 14.0. The van der Waals surface area contributed by atoms with Crippen LogP contribution >= 0.6 is 28.3 Å². The summed E-state index contributed by atoms with van der Waals surface area (Å²) in [5, 5.41) is 4.86. The van der Waals surface area contributed by atoms with Gasteiger partial charge in [-0.05, 0) is 18.2 Å². The number of hydrogen-bond donors (Lipinski definition) is 2. The Bertz CT molecular complexity index is 563. The smallest absolute Gasteiger partial charge is 0.387 e. The first-order valence-corrected chi connectivity index (χ1v) is 7.18. The molecule has 23 heavy (non-hydrogen) atoms. The molecule has 1 aliphatic rings. The largest absolute Gasteiger partial charge is 0.434 e. The van der Waals surface area contributed by atoms with Crippen molar-refractivity contribution in [2.45, 2.75) is 31.5 Å². The highest BCUT2D eigenvalue weighted by atomic mass is 79.9. The van der Waals surface area contributed by atoms with E-state index in [2.05, 4.69) is 31.3 Å². The highest BCUT2D eigenvalue weighted by molar-refractivity contribution is 9.10. The number of hydrogen-bond acceptors (Lipinski definition) is 3. The van der Waals surface area contributed by atoms with Gasteiger partial charge in [0, 0.05) is 23.0 Å². The first-order valence-electron chi connectivity index (χ1n) is 6.39. The Morgan fingerprint density at radius 2 is 2.17 bits per heavy atom. The van der Waals surface area contributed by atoms with Gasteiger partial charge in [0.1, 0.15) is 5.75 Å². The van der Waals surface area contributed by atoms with E-state index in [4.69, 9.17) is 0 Å². The summed E-state index contributed by atoms with van der Waals surface area (Å²) in [6.45, 7) is -3.66. The summed E-state index contributed by atoms with van der Waals surface area (Å²) in [6.07, 6.45) is -0.586. The maximum absolute atomic E-state index is 13.0. The normalized spacial score (nSPS) is 19.3. The lowest BCUT2D eigenvalue weighted by molar-refractivity contribution is -0.123. The van der Waals surface area contributed by atoms with E-state index >= 15 is 0 Å². The predicted octanol–water partition coefficient (Wildman–Crippen LogP) is 3.09. The molecule has 1 atom stereocenters. The van der Waals surface area contributed by atoms with Gasteiger partial charge in [-0.15, -0.1) is 12.4 Å². The van der Waals surface area contributed by atoms with E-state index < -0.39 is 37.4 Å². The second-order valence-corrected chi connectivity index (χ2v) is 5.76. The Labute approximate surface area is 144 Å². The number of benzene rings is 1. The van der Waals surface area contributed by atoms with Crippen LogP contribution in [0.25, 0.3) is 0 Å². The lowest BCUT2D eigenvalue weighted by Gasteiger charge is -2.14. The molecule has 1 heterocycles. The fraction of sp³-hybridized carbons (Fsp3) is 0.462. The number of rotatable bonds is 5. The molecule has 1 aromatic carbocycles. The molecule has 1 amide bonds. The average molecular weight is 422 g/mol. The Hall–Kier alpha value is -1.06. The molecule has 0 saturated carbocycles. The predicted molar refractivity (Wildman–Crippen MR) is 81.2 cm³/mol. The second kappa shape index (κ2) is 8.16. The van der Waals surface area contributed by atoms with Crippen LogP contribution in [0, 0.1) is 0 Å². The lowest BCUT2D eigenvalue weighted by atomic mass is 10.1. The molecule has 0 radical (unpaired) electrons. The van der Waals surface area contributed by atoms with Crippen LogP contribution < -0.4 is 15.4 Å². The summed E-state index contributed by atoms with van der Waals surface area (Å²) in [6, 6.07) is 3.36. The molecule has 2 rings (SSSR count). The van der Waals surface area contributed by atoms with E-state index in [0.717, 1.165) is 0 Å². The van der Waals surface area contributed by atoms with Gasteiger partial charge >= 0.3 is 6.61 Å². The van der Waals surface area contributed by atoms with Crippen molar-refractivity contribution in [3.8, 4) is 5.75 Å². The molecular weight excluding hydrogens is 408 g/mol. The Kier molecular flexibility index (Phi) is 7.09. The first-order chi connectivity index (χ1) is 10.3. The molecule has 130 valence electrons. The van der Waals surface area contributed by atoms with Gasteiger partial charge in [-0.1, -0.05) is 15.9 Å². The Morgan fingerprint density at radius 1 is 1.48 bits per heavy atom. The number of alkyl halides is 4. The van der Waals surface area contributed by atoms with E-state index in [0.29, 0.717) is 10.0 Å². The molecule has 1 fully saturated rings. The third-order valence-corrected chi connectivity index (χ3v) is 3.61. The van der Waals surface area contributed by atoms with Crippen LogP contribution in [-0.4, -0.2) is 31.0 Å². The molecule has 0 spiro atoms. The summed E-state index contributed by atoms with van der Waals surface area (Å²) >= 11 is 3.18. The zero-order chi connectivity index (χ0) is 16.3. The SMILES string of the molecule is Cl.O=C(NCc1cc(Br)ccc1OC(F)F)C1CC(F)(F)CN1. The van der Waals surface area contributed by atoms with Gasteiger partial charge in [0.25, 0.3) is 5.92 Å². The lowest BCUT2D eigenvalue weighted by Crippen LogP contribution is -2.40. The minimum Gasteiger partial charge on any atom is -0.434 e. The number of carbonyl (C=O) groups is 1. The third-order valence-electron chi connectivity index (χ3n) is 3.12. The van der Waals surface area contributed by atoms with Gasteiger partial charge in [-0.25, -0.2) is 8.78 Å². The van der Waals surface area contributed by atoms with E-state index in [9.17, 15) is 22.4 Å². The highest BCUT2D eigenvalue weighted by Crippen LogP contribution is 2.26. The van der Waals surface area contributed by atoms with Crippen LogP contribution in [0.3, 0.4) is 0 Å². The minimum atomic E-state index is -2.99. The topological polar surface area (TPSA) is 50.4 Å². The third kappa shape index (κ3) is 5.82. The second-order valence-electron chi connectivity index (χ2n) is 4.84. The van der Waals surface area contributed by atoms with E-state index in [-0.39, 0.29) is 24.7 Å². The van der Waals surface area contributed by atoms with Crippen molar-refractivity contribution in [2.75, 3.05) is 6.54 Å². The van der Waals surface area contributed by atoms with Crippen molar-refractivity contribution in [2.24, 2.45) is 0 Å². The maximum atomic E-state index is 13.0. The number of ether oxygens (including phenoxy) is 1. The standard InChI is InChI=1S/C13H13BrF4N2O2.ClH/c14-8-1-2-10(22-12(15)16)7(3-8)5-19-11(21)9-4-13(17,18)6-20-9;/h1-3,9,12,20H,4-6H2,(H,19,21);1H. The van der Waals surface area contributed by atoms with Crippen LogP contribution in [-0.2, 0) is 11.3 Å². The summed E-state index contributed by atoms with van der Waals surface area (Å²) in [5.41, 5.74) is 0.313. The van der Waals surface area contributed by atoms with Gasteiger partial charge in [0.2, 0.25) is 5.91 Å². The van der Waals surface area contributed by atoms with Gasteiger partial charge in [-0.2, -0.15) is 8.78 Å². The number of nitrogens with one attached hydrogen (secondary N) is 2. The molecule has 1 aliphatic heterocycles. The fourth-order valence-corrected chi connectivity index (χ4v) is 2.51. The van der Waals surface area contributed by atoms with Crippen LogP contribution in [0.1, 0.15) is 12.0 Å². The van der Waals surface area contributed by atoms with E-state index in [1.54, 1.807) is 0 Å². The maximum Gasteiger partial charge on any atom is 0.387 e. The van der Waals surface area contributed by atoms with Crippen LogP contribution in [0.4, 0.5) is 17.6 Å². The molecule has 1 aromatic rings. The summed E-state index contributed by atoms with van der Waals surface area (Å²) in [7, 11) is 0. The average Bonchev–Trinajstić information content (AvgIpc) is 2.78. The number of halogens is 6. The molecule has 1 unspecified atom stereocenters. The van der Waals surface area contributed by atoms with Crippen molar-refractivity contribution < 1.29 is 27.1 Å². The highest BCUT2D eigenvalue weighted by Gasteiger charge is 2.42. The molecule has 10 heteroatoms. The fourth-order valence-electron chi connectivity index (χ4n) is 2.10. The van der Waals surface area contributed by atoms with Gasteiger partial charge in [-0.3, -0.25) is 10.1 Å². The molecule has 2 N–H and O–H groups in total. The Balaban J connectivity index is 0.00000264. The zero-order valence-electron chi connectivity index (χ0n) is 11.6. The van der Waals surface area contributed by atoms with Crippen molar-refractivity contribution >= 4 is 34.2 Å². The van der Waals surface area contributed by atoms with Crippen molar-refractivity contribution in [3.63, 3.8) is 0 Å². The monoisotopic (exact) mass is 420 g/mol. The van der Waals surface area contributed by atoms with Crippen molar-refractivity contribution in [3.05, 3.63) is 28.2 Å². The van der Waals surface area contributed by atoms with E-state index in [1.807, 2.05) is 0 Å². The minimum absolute atomic E-state index is 0. The summed E-state index contributed by atoms with van der Waals surface area (Å²) < 4.78 is 55.7. The Morgan fingerprint density at radius 3 is 2.74 bits per heavy atom. The molecule has 0 aromatic heterocycles.